The summed E-state index contributed by atoms with van der Waals surface area (Å²) < 4.78 is 0. The van der Waals surface area contributed by atoms with Gasteiger partial charge in [-0.1, -0.05) is 70.3 Å². The van der Waals surface area contributed by atoms with Crippen LogP contribution in [0.3, 0.4) is 0 Å². The van der Waals surface area contributed by atoms with Crippen molar-refractivity contribution in [3.8, 4) is 0 Å². The lowest BCUT2D eigenvalue weighted by molar-refractivity contribution is 0.606. The smallest absolute Gasteiger partial charge is 0.0480 e. The van der Waals surface area contributed by atoms with Crippen LogP contribution in [0.1, 0.15) is 58.8 Å². The van der Waals surface area contributed by atoms with Crippen molar-refractivity contribution in [2.45, 2.75) is 84.5 Å². The fourth-order valence-corrected chi connectivity index (χ4v) is 2.73. The molecule has 16 heavy (non-hydrogen) atoms. The molecule has 0 rings (SSSR count). The van der Waals surface area contributed by atoms with E-state index in [1.807, 2.05) is 0 Å². The molecule has 0 aromatic carbocycles. The van der Waals surface area contributed by atoms with Crippen molar-refractivity contribution < 1.29 is 0 Å². The Morgan fingerprint density at radius 1 is 0.938 bits per heavy atom. The van der Waals surface area contributed by atoms with E-state index in [-0.39, 0.29) is 0 Å². The number of unbranched alkanes of at least 4 members (excludes halogenated alkanes) is 5. The van der Waals surface area contributed by atoms with Crippen molar-refractivity contribution >= 4 is 8.07 Å². The Hall–Kier alpha value is -0.0431. The zero-order valence-electron chi connectivity index (χ0n) is 12.2. The van der Waals surface area contributed by atoms with Crippen LogP contribution in [0.4, 0.5) is 0 Å². The summed E-state index contributed by atoms with van der Waals surface area (Å²) in [4.78, 5) is 0. The fourth-order valence-electron chi connectivity index (χ4n) is 1.77. The lowest BCUT2D eigenvalue weighted by Crippen LogP contribution is -2.17. The first-order valence-corrected chi connectivity index (χ1v) is 10.8. The van der Waals surface area contributed by atoms with E-state index < -0.39 is 8.07 Å². The molecule has 0 heterocycles. The van der Waals surface area contributed by atoms with Crippen LogP contribution < -0.4 is 0 Å². The second kappa shape index (κ2) is 9.04. The van der Waals surface area contributed by atoms with E-state index >= 15 is 0 Å². The lowest BCUT2D eigenvalue weighted by atomic mass is 10.1. The van der Waals surface area contributed by atoms with Crippen LogP contribution in [-0.4, -0.2) is 8.07 Å². The molecule has 0 N–H and O–H groups in total. The zero-order valence-corrected chi connectivity index (χ0v) is 13.2. The van der Waals surface area contributed by atoms with Gasteiger partial charge in [0.2, 0.25) is 0 Å². The highest BCUT2D eigenvalue weighted by Crippen LogP contribution is 2.15. The molecule has 0 aromatic heterocycles. The van der Waals surface area contributed by atoms with E-state index in [1.165, 1.54) is 51.0 Å². The Balaban J connectivity index is 3.46. The highest BCUT2D eigenvalue weighted by atomic mass is 28.3. The Morgan fingerprint density at radius 2 is 1.50 bits per heavy atom. The summed E-state index contributed by atoms with van der Waals surface area (Å²) in [7, 11) is -0.862. The van der Waals surface area contributed by atoms with E-state index in [9.17, 15) is 0 Å². The first-order valence-electron chi connectivity index (χ1n) is 7.11. The molecule has 0 radical (unpaired) electrons. The van der Waals surface area contributed by atoms with Gasteiger partial charge in [0.1, 0.15) is 0 Å². The maximum Gasteiger partial charge on any atom is 0.0480 e. The van der Waals surface area contributed by atoms with Crippen molar-refractivity contribution in [3.05, 3.63) is 11.6 Å². The minimum absolute atomic E-state index is 0.862. The van der Waals surface area contributed by atoms with Gasteiger partial charge >= 0.3 is 0 Å². The van der Waals surface area contributed by atoms with Crippen LogP contribution in [0.15, 0.2) is 11.6 Å². The summed E-state index contributed by atoms with van der Waals surface area (Å²) >= 11 is 0. The molecule has 0 atom stereocenters. The molecule has 0 nitrogen and oxygen atoms in total. The van der Waals surface area contributed by atoms with Crippen molar-refractivity contribution in [1.82, 2.24) is 0 Å². The predicted molar refractivity (Wildman–Crippen MR) is 79.9 cm³/mol. The summed E-state index contributed by atoms with van der Waals surface area (Å²) in [5.41, 5.74) is 1.62. The van der Waals surface area contributed by atoms with E-state index in [0.717, 1.165) is 0 Å². The van der Waals surface area contributed by atoms with Gasteiger partial charge in [0.05, 0.1) is 0 Å². The third-order valence-corrected chi connectivity index (χ3v) is 4.42. The summed E-state index contributed by atoms with van der Waals surface area (Å²) in [5.74, 6) is 0. The Morgan fingerprint density at radius 3 is 2.06 bits per heavy atom. The van der Waals surface area contributed by atoms with Gasteiger partial charge in [0.15, 0.2) is 0 Å². The summed E-state index contributed by atoms with van der Waals surface area (Å²) in [6.45, 7) is 11.9. The molecule has 0 saturated heterocycles. The van der Waals surface area contributed by atoms with Crippen LogP contribution >= 0.6 is 0 Å². The Kier molecular flexibility index (Phi) is 9.01. The maximum absolute atomic E-state index is 2.50. The second-order valence-corrected chi connectivity index (χ2v) is 11.9. The van der Waals surface area contributed by atoms with Gasteiger partial charge in [-0.2, -0.15) is 0 Å². The summed E-state index contributed by atoms with van der Waals surface area (Å²) in [6.07, 6.45) is 12.3. The van der Waals surface area contributed by atoms with Gasteiger partial charge in [-0.25, -0.2) is 0 Å². The van der Waals surface area contributed by atoms with Crippen LogP contribution in [0.2, 0.25) is 25.7 Å². The monoisotopic (exact) mass is 240 g/mol. The van der Waals surface area contributed by atoms with Crippen molar-refractivity contribution in [2.24, 2.45) is 0 Å². The fraction of sp³-hybridized carbons (Fsp3) is 0.867. The van der Waals surface area contributed by atoms with Crippen LogP contribution in [0, 0.1) is 0 Å². The van der Waals surface area contributed by atoms with Gasteiger partial charge in [-0.15, -0.1) is 0 Å². The third kappa shape index (κ3) is 12.0. The van der Waals surface area contributed by atoms with Gasteiger partial charge in [-0.3, -0.25) is 0 Å². The number of allylic oxidation sites excluding steroid dienone is 2. The summed E-state index contributed by atoms with van der Waals surface area (Å²) in [5, 5.41) is 0. The predicted octanol–water partition coefficient (Wildman–Crippen LogP) is 6.02. The SMILES string of the molecule is CCCCCCCC/C(C)=C/C[Si](C)(C)C. The third-order valence-electron chi connectivity index (χ3n) is 2.99. The molecule has 1 heteroatoms. The van der Waals surface area contributed by atoms with Crippen molar-refractivity contribution in [1.29, 1.82) is 0 Å². The van der Waals surface area contributed by atoms with E-state index in [2.05, 4.69) is 39.6 Å². The molecule has 0 saturated carbocycles. The number of hydrogen-bond donors (Lipinski definition) is 0. The molecular formula is C15H32Si. The molecule has 0 aliphatic heterocycles. The molecule has 0 aliphatic rings. The first kappa shape index (κ1) is 16.0. The van der Waals surface area contributed by atoms with E-state index in [4.69, 9.17) is 0 Å². The quantitative estimate of drug-likeness (QED) is 0.262. The van der Waals surface area contributed by atoms with E-state index in [1.54, 1.807) is 5.57 Å². The van der Waals surface area contributed by atoms with Gasteiger partial charge in [0.25, 0.3) is 0 Å². The minimum Gasteiger partial charge on any atom is -0.0883 e. The van der Waals surface area contributed by atoms with Crippen LogP contribution in [-0.2, 0) is 0 Å². The van der Waals surface area contributed by atoms with Crippen molar-refractivity contribution in [3.63, 3.8) is 0 Å². The topological polar surface area (TPSA) is 0 Å². The molecule has 0 aliphatic carbocycles. The van der Waals surface area contributed by atoms with E-state index in [0.29, 0.717) is 0 Å². The highest BCUT2D eigenvalue weighted by molar-refractivity contribution is 6.76. The maximum atomic E-state index is 2.50. The summed E-state index contributed by atoms with van der Waals surface area (Å²) in [6, 6.07) is 1.36. The average Bonchev–Trinajstić information content (AvgIpc) is 2.19. The molecule has 0 fully saturated rings. The van der Waals surface area contributed by atoms with Crippen molar-refractivity contribution in [2.75, 3.05) is 0 Å². The normalized spacial score (nSPS) is 13.2. The standard InChI is InChI=1S/C15H32Si/c1-6-7-8-9-10-11-12-15(2)13-14-16(3,4)5/h13H,6-12,14H2,1-5H3/b15-13+. The molecule has 0 unspecified atom stereocenters. The van der Waals surface area contributed by atoms with Crippen LogP contribution in [0.25, 0.3) is 0 Å². The largest absolute Gasteiger partial charge is 0.0883 e. The number of hydrogen-bond acceptors (Lipinski definition) is 0. The second-order valence-electron chi connectivity index (χ2n) is 6.33. The Labute approximate surface area is 105 Å². The van der Waals surface area contributed by atoms with Gasteiger partial charge < -0.3 is 0 Å². The molecule has 0 amide bonds. The minimum atomic E-state index is -0.862. The van der Waals surface area contributed by atoms with Gasteiger partial charge in [0, 0.05) is 8.07 Å². The first-order chi connectivity index (χ1) is 7.45. The number of rotatable bonds is 9. The molecule has 0 spiro atoms. The highest BCUT2D eigenvalue weighted by Gasteiger charge is 2.09. The molecule has 0 aromatic rings. The molecular weight excluding hydrogens is 208 g/mol. The molecule has 96 valence electrons. The molecule has 0 bridgehead atoms. The van der Waals surface area contributed by atoms with Crippen LogP contribution in [0.5, 0.6) is 0 Å². The van der Waals surface area contributed by atoms with Gasteiger partial charge in [-0.05, 0) is 25.8 Å². The zero-order chi connectivity index (χ0) is 12.4. The average molecular weight is 241 g/mol. The Bertz CT molecular complexity index is 186. The lowest BCUT2D eigenvalue weighted by Gasteiger charge is -2.13.